The van der Waals surface area contributed by atoms with Gasteiger partial charge < -0.3 is 10.2 Å². The third-order valence-corrected chi connectivity index (χ3v) is 3.92. The van der Waals surface area contributed by atoms with Gasteiger partial charge in [-0.1, -0.05) is 13.8 Å². The van der Waals surface area contributed by atoms with Crippen molar-refractivity contribution in [1.29, 1.82) is 0 Å². The molecule has 1 N–H and O–H groups in total. The standard InChI is InChI=1S/C13H26N4S/c1-10(2)14-9-12-11(3)15-17(6)13(12)18-8-7-16(4)5/h10,14H,7-9H2,1-6H3. The third kappa shape index (κ3) is 4.63. The topological polar surface area (TPSA) is 33.1 Å². The van der Waals surface area contributed by atoms with Crippen molar-refractivity contribution in [3.8, 4) is 0 Å². The lowest BCUT2D eigenvalue weighted by atomic mass is 10.2. The molecule has 104 valence electrons. The Morgan fingerprint density at radius 1 is 1.39 bits per heavy atom. The van der Waals surface area contributed by atoms with Gasteiger partial charge in [-0.15, -0.1) is 11.8 Å². The minimum Gasteiger partial charge on any atom is -0.310 e. The summed E-state index contributed by atoms with van der Waals surface area (Å²) in [6.07, 6.45) is 0. The molecular formula is C13H26N4S. The van der Waals surface area contributed by atoms with Crippen molar-refractivity contribution in [2.24, 2.45) is 7.05 Å². The van der Waals surface area contributed by atoms with Crippen LogP contribution in [0.15, 0.2) is 5.03 Å². The lowest BCUT2D eigenvalue weighted by molar-refractivity contribution is 0.437. The third-order valence-electron chi connectivity index (χ3n) is 2.75. The van der Waals surface area contributed by atoms with E-state index in [-0.39, 0.29) is 0 Å². The van der Waals surface area contributed by atoms with Crippen molar-refractivity contribution < 1.29 is 0 Å². The predicted molar refractivity (Wildman–Crippen MR) is 79.2 cm³/mol. The largest absolute Gasteiger partial charge is 0.310 e. The van der Waals surface area contributed by atoms with Crippen molar-refractivity contribution in [3.05, 3.63) is 11.3 Å². The minimum absolute atomic E-state index is 0.504. The van der Waals surface area contributed by atoms with Crippen LogP contribution >= 0.6 is 11.8 Å². The number of nitrogens with one attached hydrogen (secondary N) is 1. The molecule has 0 aromatic carbocycles. The summed E-state index contributed by atoms with van der Waals surface area (Å²) in [4.78, 5) is 2.21. The molecule has 5 heteroatoms. The second kappa shape index (κ2) is 7.16. The van der Waals surface area contributed by atoms with E-state index in [0.29, 0.717) is 6.04 Å². The van der Waals surface area contributed by atoms with Gasteiger partial charge in [0.05, 0.1) is 10.7 Å². The first-order valence-corrected chi connectivity index (χ1v) is 7.43. The Morgan fingerprint density at radius 3 is 2.61 bits per heavy atom. The van der Waals surface area contributed by atoms with E-state index in [9.17, 15) is 0 Å². The molecule has 1 aromatic heterocycles. The van der Waals surface area contributed by atoms with Crippen molar-refractivity contribution >= 4 is 11.8 Å². The Kier molecular flexibility index (Phi) is 6.18. The number of aryl methyl sites for hydroxylation is 2. The fourth-order valence-electron chi connectivity index (χ4n) is 1.70. The molecule has 0 unspecified atom stereocenters. The number of nitrogens with zero attached hydrogens (tertiary/aromatic N) is 3. The van der Waals surface area contributed by atoms with Gasteiger partial charge in [0, 0.05) is 37.5 Å². The lowest BCUT2D eigenvalue weighted by Gasteiger charge is -2.12. The summed E-state index contributed by atoms with van der Waals surface area (Å²) < 4.78 is 2.01. The summed E-state index contributed by atoms with van der Waals surface area (Å²) in [5.74, 6) is 1.10. The quantitative estimate of drug-likeness (QED) is 0.767. The van der Waals surface area contributed by atoms with E-state index in [4.69, 9.17) is 0 Å². The van der Waals surface area contributed by atoms with Crippen LogP contribution in [0.2, 0.25) is 0 Å². The van der Waals surface area contributed by atoms with Crippen LogP contribution in [0.4, 0.5) is 0 Å². The van der Waals surface area contributed by atoms with Gasteiger partial charge >= 0.3 is 0 Å². The highest BCUT2D eigenvalue weighted by Crippen LogP contribution is 2.24. The molecule has 4 nitrogen and oxygen atoms in total. The monoisotopic (exact) mass is 270 g/mol. The van der Waals surface area contributed by atoms with Gasteiger partial charge in [-0.25, -0.2) is 0 Å². The molecular weight excluding hydrogens is 244 g/mol. The molecule has 0 bridgehead atoms. The van der Waals surface area contributed by atoms with Crippen LogP contribution in [0.25, 0.3) is 0 Å². The normalized spacial score (nSPS) is 11.8. The number of hydrogen-bond acceptors (Lipinski definition) is 4. The van der Waals surface area contributed by atoms with Crippen molar-refractivity contribution in [1.82, 2.24) is 20.0 Å². The van der Waals surface area contributed by atoms with Gasteiger partial charge in [-0.3, -0.25) is 4.68 Å². The molecule has 0 aliphatic rings. The van der Waals surface area contributed by atoms with Gasteiger partial charge in [0.15, 0.2) is 0 Å². The van der Waals surface area contributed by atoms with Gasteiger partial charge in [0.2, 0.25) is 0 Å². The summed E-state index contributed by atoms with van der Waals surface area (Å²) in [7, 11) is 6.25. The number of aromatic nitrogens is 2. The second-order valence-electron chi connectivity index (χ2n) is 5.18. The van der Waals surface area contributed by atoms with Crippen LogP contribution in [-0.4, -0.2) is 47.1 Å². The molecule has 0 radical (unpaired) electrons. The van der Waals surface area contributed by atoms with Crippen LogP contribution in [0.3, 0.4) is 0 Å². The van der Waals surface area contributed by atoms with E-state index in [1.165, 1.54) is 10.6 Å². The highest BCUT2D eigenvalue weighted by Gasteiger charge is 2.13. The van der Waals surface area contributed by atoms with E-state index in [1.807, 2.05) is 23.5 Å². The molecule has 1 rings (SSSR count). The first-order chi connectivity index (χ1) is 8.41. The number of rotatable bonds is 7. The van der Waals surface area contributed by atoms with E-state index < -0.39 is 0 Å². The maximum atomic E-state index is 4.53. The molecule has 1 heterocycles. The van der Waals surface area contributed by atoms with Crippen LogP contribution in [0, 0.1) is 6.92 Å². The first kappa shape index (κ1) is 15.5. The predicted octanol–water partition coefficient (Wildman–Crippen LogP) is 1.88. The van der Waals surface area contributed by atoms with E-state index in [1.54, 1.807) is 0 Å². The van der Waals surface area contributed by atoms with Gasteiger partial charge in [0.25, 0.3) is 0 Å². The molecule has 0 saturated heterocycles. The SMILES string of the molecule is Cc1nn(C)c(SCCN(C)C)c1CNC(C)C. The fourth-order valence-corrected chi connectivity index (χ4v) is 2.97. The van der Waals surface area contributed by atoms with E-state index >= 15 is 0 Å². The zero-order chi connectivity index (χ0) is 13.7. The van der Waals surface area contributed by atoms with E-state index in [0.717, 1.165) is 24.5 Å². The van der Waals surface area contributed by atoms with Crippen LogP contribution in [0.1, 0.15) is 25.1 Å². The molecule has 0 atom stereocenters. The Balaban J connectivity index is 2.69. The number of thioether (sulfide) groups is 1. The Hall–Kier alpha value is -0.520. The molecule has 0 fully saturated rings. The smallest absolute Gasteiger partial charge is 0.0984 e. The van der Waals surface area contributed by atoms with Crippen molar-refractivity contribution in [2.45, 2.75) is 38.4 Å². The Morgan fingerprint density at radius 2 is 2.06 bits per heavy atom. The van der Waals surface area contributed by atoms with Crippen LogP contribution < -0.4 is 5.32 Å². The van der Waals surface area contributed by atoms with Crippen LogP contribution in [0.5, 0.6) is 0 Å². The average Bonchev–Trinajstić information content (AvgIpc) is 2.50. The zero-order valence-corrected chi connectivity index (χ0v) is 13.3. The Bertz CT molecular complexity index is 371. The van der Waals surface area contributed by atoms with E-state index in [2.05, 4.69) is 50.2 Å². The van der Waals surface area contributed by atoms with Crippen molar-refractivity contribution in [3.63, 3.8) is 0 Å². The fraction of sp³-hybridized carbons (Fsp3) is 0.769. The molecule has 0 amide bonds. The summed E-state index contributed by atoms with van der Waals surface area (Å²) in [6, 6.07) is 0.504. The summed E-state index contributed by atoms with van der Waals surface area (Å²) in [5.41, 5.74) is 2.48. The molecule has 0 aliphatic carbocycles. The molecule has 0 aliphatic heterocycles. The maximum absolute atomic E-state index is 4.53. The second-order valence-corrected chi connectivity index (χ2v) is 6.26. The zero-order valence-electron chi connectivity index (χ0n) is 12.4. The summed E-state index contributed by atoms with van der Waals surface area (Å²) >= 11 is 1.89. The maximum Gasteiger partial charge on any atom is 0.0984 e. The minimum atomic E-state index is 0.504. The highest BCUT2D eigenvalue weighted by atomic mass is 32.2. The van der Waals surface area contributed by atoms with Gasteiger partial charge in [-0.2, -0.15) is 5.10 Å². The molecule has 0 spiro atoms. The van der Waals surface area contributed by atoms with Crippen molar-refractivity contribution in [2.75, 3.05) is 26.4 Å². The molecule has 18 heavy (non-hydrogen) atoms. The average molecular weight is 270 g/mol. The highest BCUT2D eigenvalue weighted by molar-refractivity contribution is 7.99. The van der Waals surface area contributed by atoms with Crippen LogP contribution in [-0.2, 0) is 13.6 Å². The van der Waals surface area contributed by atoms with Gasteiger partial charge in [0.1, 0.15) is 0 Å². The number of hydrogen-bond donors (Lipinski definition) is 1. The summed E-state index contributed by atoms with van der Waals surface area (Å²) in [5, 5.41) is 9.30. The summed E-state index contributed by atoms with van der Waals surface area (Å²) in [6.45, 7) is 8.43. The lowest BCUT2D eigenvalue weighted by Crippen LogP contribution is -2.22. The Labute approximate surface area is 115 Å². The molecule has 1 aromatic rings. The first-order valence-electron chi connectivity index (χ1n) is 6.45. The molecule has 0 saturated carbocycles. The van der Waals surface area contributed by atoms with Gasteiger partial charge in [-0.05, 0) is 21.0 Å².